The maximum atomic E-state index is 11.1. The number of hydrogen-bond acceptors (Lipinski definition) is 1. The van der Waals surface area contributed by atoms with Crippen LogP contribution in [-0.2, 0) is 0 Å². The zero-order chi connectivity index (χ0) is 10.7. The second-order valence-electron chi connectivity index (χ2n) is 2.78. The number of halogens is 2. The lowest BCUT2D eigenvalue weighted by Gasteiger charge is -2.10. The summed E-state index contributed by atoms with van der Waals surface area (Å²) in [4.78, 5) is 11.1. The highest BCUT2D eigenvalue weighted by Crippen LogP contribution is 2.29. The van der Waals surface area contributed by atoms with Gasteiger partial charge in [-0.2, -0.15) is 0 Å². The second-order valence-corrected chi connectivity index (χ2v) is 3.63. The van der Waals surface area contributed by atoms with E-state index in [1.165, 1.54) is 7.05 Å². The molecule has 0 saturated heterocycles. The molecule has 0 atom stereocenters. The van der Waals surface area contributed by atoms with Gasteiger partial charge in [0.15, 0.2) is 0 Å². The summed E-state index contributed by atoms with van der Waals surface area (Å²) >= 11 is 11.7. The average Bonchev–Trinajstić information content (AvgIpc) is 2.10. The lowest BCUT2D eigenvalue weighted by atomic mass is 10.2. The van der Waals surface area contributed by atoms with E-state index in [0.29, 0.717) is 15.7 Å². The summed E-state index contributed by atoms with van der Waals surface area (Å²) in [5, 5.41) is 6.04. The van der Waals surface area contributed by atoms with Gasteiger partial charge < -0.3 is 10.6 Å². The predicted molar refractivity (Wildman–Crippen MR) is 59.3 cm³/mol. The van der Waals surface area contributed by atoms with Crippen LogP contribution in [0.1, 0.15) is 5.56 Å². The van der Waals surface area contributed by atoms with Crippen LogP contribution in [0.15, 0.2) is 12.1 Å². The van der Waals surface area contributed by atoms with Gasteiger partial charge in [-0.25, -0.2) is 4.79 Å². The Labute approximate surface area is 92.4 Å². The summed E-state index contributed by atoms with van der Waals surface area (Å²) in [6.45, 7) is 1.82. The Morgan fingerprint density at radius 2 is 2.00 bits per heavy atom. The Hall–Kier alpha value is -0.930. The molecule has 0 fully saturated rings. The number of nitrogens with one attached hydrogen (secondary N) is 2. The van der Waals surface area contributed by atoms with Gasteiger partial charge in [0.05, 0.1) is 10.7 Å². The predicted octanol–water partition coefficient (Wildman–Crippen LogP) is 3.05. The first kappa shape index (κ1) is 11.1. The van der Waals surface area contributed by atoms with Gasteiger partial charge in [0.2, 0.25) is 0 Å². The zero-order valence-electron chi connectivity index (χ0n) is 7.82. The van der Waals surface area contributed by atoms with Gasteiger partial charge in [0, 0.05) is 12.1 Å². The van der Waals surface area contributed by atoms with E-state index in [-0.39, 0.29) is 6.03 Å². The number of benzene rings is 1. The van der Waals surface area contributed by atoms with Crippen LogP contribution in [0.3, 0.4) is 0 Å². The lowest BCUT2D eigenvalue weighted by Crippen LogP contribution is -2.25. The Bertz CT molecular complexity index is 343. The number of carbonyl (C=O) groups excluding carboxylic acids is 1. The van der Waals surface area contributed by atoms with Gasteiger partial charge >= 0.3 is 6.03 Å². The minimum atomic E-state index is -0.308. The highest BCUT2D eigenvalue weighted by Gasteiger charge is 2.08. The smallest absolute Gasteiger partial charge is 0.319 e. The van der Waals surface area contributed by atoms with Crippen molar-refractivity contribution in [1.29, 1.82) is 0 Å². The molecule has 0 radical (unpaired) electrons. The van der Waals surface area contributed by atoms with E-state index in [4.69, 9.17) is 23.2 Å². The Kier molecular flexibility index (Phi) is 3.61. The summed E-state index contributed by atoms with van der Waals surface area (Å²) in [6.07, 6.45) is 0. The van der Waals surface area contributed by atoms with Crippen LogP contribution in [0.25, 0.3) is 0 Å². The molecule has 3 nitrogen and oxygen atoms in total. The minimum absolute atomic E-state index is 0.308. The molecule has 0 aromatic heterocycles. The fourth-order valence-corrected chi connectivity index (χ4v) is 1.68. The fourth-order valence-electron chi connectivity index (χ4n) is 1.04. The molecule has 0 aliphatic carbocycles. The zero-order valence-corrected chi connectivity index (χ0v) is 9.33. The van der Waals surface area contributed by atoms with E-state index >= 15 is 0 Å². The molecule has 0 bridgehead atoms. The first-order valence-corrected chi connectivity index (χ1v) is 4.74. The molecule has 5 heteroatoms. The topological polar surface area (TPSA) is 41.1 Å². The summed E-state index contributed by atoms with van der Waals surface area (Å²) < 4.78 is 0. The largest absolute Gasteiger partial charge is 0.341 e. The van der Waals surface area contributed by atoms with Crippen molar-refractivity contribution >= 4 is 34.9 Å². The molecular weight excluding hydrogens is 223 g/mol. The molecule has 0 heterocycles. The molecule has 0 spiro atoms. The molecular formula is C9H10Cl2N2O. The SMILES string of the molecule is CNC(=O)Nc1c(C)cc(Cl)cc1Cl. The van der Waals surface area contributed by atoms with Crippen LogP contribution in [0, 0.1) is 6.92 Å². The van der Waals surface area contributed by atoms with Crippen molar-refractivity contribution in [2.75, 3.05) is 12.4 Å². The quantitative estimate of drug-likeness (QED) is 0.768. The van der Waals surface area contributed by atoms with Crippen molar-refractivity contribution in [3.8, 4) is 0 Å². The van der Waals surface area contributed by atoms with Gasteiger partial charge in [0.1, 0.15) is 0 Å². The van der Waals surface area contributed by atoms with Crippen LogP contribution in [-0.4, -0.2) is 13.1 Å². The van der Waals surface area contributed by atoms with Crippen LogP contribution in [0.2, 0.25) is 10.0 Å². The van der Waals surface area contributed by atoms with Crippen molar-refractivity contribution in [2.45, 2.75) is 6.92 Å². The molecule has 1 rings (SSSR count). The summed E-state index contributed by atoms with van der Waals surface area (Å²) in [6, 6.07) is 3.01. The van der Waals surface area contributed by atoms with Gasteiger partial charge in [-0.3, -0.25) is 0 Å². The molecule has 0 aliphatic rings. The lowest BCUT2D eigenvalue weighted by molar-refractivity contribution is 0.254. The minimum Gasteiger partial charge on any atom is -0.341 e. The van der Waals surface area contributed by atoms with Crippen molar-refractivity contribution in [2.24, 2.45) is 0 Å². The van der Waals surface area contributed by atoms with E-state index in [0.717, 1.165) is 5.56 Å². The van der Waals surface area contributed by atoms with Crippen LogP contribution < -0.4 is 10.6 Å². The number of amides is 2. The normalized spacial score (nSPS) is 9.71. The molecule has 0 unspecified atom stereocenters. The van der Waals surface area contributed by atoms with Gasteiger partial charge in [-0.1, -0.05) is 23.2 Å². The van der Waals surface area contributed by atoms with Crippen molar-refractivity contribution in [3.63, 3.8) is 0 Å². The third kappa shape index (κ3) is 2.53. The van der Waals surface area contributed by atoms with E-state index in [2.05, 4.69) is 10.6 Å². The number of rotatable bonds is 1. The van der Waals surface area contributed by atoms with Crippen molar-refractivity contribution in [3.05, 3.63) is 27.7 Å². The highest BCUT2D eigenvalue weighted by molar-refractivity contribution is 6.37. The van der Waals surface area contributed by atoms with Crippen LogP contribution in [0.4, 0.5) is 10.5 Å². The van der Waals surface area contributed by atoms with E-state index in [1.807, 2.05) is 6.92 Å². The van der Waals surface area contributed by atoms with E-state index in [9.17, 15) is 4.79 Å². The highest BCUT2D eigenvalue weighted by atomic mass is 35.5. The standard InChI is InChI=1S/C9H10Cl2N2O/c1-5-3-6(10)4-7(11)8(5)13-9(14)12-2/h3-4H,1-2H3,(H2,12,13,14). The van der Waals surface area contributed by atoms with Gasteiger partial charge in [-0.05, 0) is 24.6 Å². The monoisotopic (exact) mass is 232 g/mol. The van der Waals surface area contributed by atoms with Crippen LogP contribution in [0.5, 0.6) is 0 Å². The molecule has 0 aliphatic heterocycles. The Morgan fingerprint density at radius 3 is 2.50 bits per heavy atom. The number of hydrogen-bond donors (Lipinski definition) is 2. The molecule has 76 valence electrons. The fraction of sp³-hybridized carbons (Fsp3) is 0.222. The molecule has 1 aromatic rings. The van der Waals surface area contributed by atoms with E-state index < -0.39 is 0 Å². The Balaban J connectivity index is 3.02. The molecule has 0 saturated carbocycles. The second kappa shape index (κ2) is 4.53. The van der Waals surface area contributed by atoms with Crippen molar-refractivity contribution in [1.82, 2.24) is 5.32 Å². The van der Waals surface area contributed by atoms with E-state index in [1.54, 1.807) is 12.1 Å². The maximum Gasteiger partial charge on any atom is 0.319 e. The Morgan fingerprint density at radius 1 is 1.36 bits per heavy atom. The summed E-state index contributed by atoms with van der Waals surface area (Å²) in [7, 11) is 1.54. The van der Waals surface area contributed by atoms with Gasteiger partial charge in [-0.15, -0.1) is 0 Å². The third-order valence-corrected chi connectivity index (χ3v) is 2.23. The first-order valence-electron chi connectivity index (χ1n) is 3.99. The maximum absolute atomic E-state index is 11.1. The average molecular weight is 233 g/mol. The number of anilines is 1. The molecule has 2 N–H and O–H groups in total. The number of urea groups is 1. The van der Waals surface area contributed by atoms with Crippen LogP contribution >= 0.6 is 23.2 Å². The van der Waals surface area contributed by atoms with Crippen molar-refractivity contribution < 1.29 is 4.79 Å². The first-order chi connectivity index (χ1) is 6.54. The molecule has 1 aromatic carbocycles. The summed E-state index contributed by atoms with van der Waals surface area (Å²) in [5.41, 5.74) is 1.40. The number of carbonyl (C=O) groups is 1. The number of aryl methyl sites for hydroxylation is 1. The molecule has 14 heavy (non-hydrogen) atoms. The molecule has 2 amide bonds. The van der Waals surface area contributed by atoms with Gasteiger partial charge in [0.25, 0.3) is 0 Å². The summed E-state index contributed by atoms with van der Waals surface area (Å²) in [5.74, 6) is 0. The third-order valence-electron chi connectivity index (χ3n) is 1.72.